The number of nitrogens with one attached hydrogen (secondary N) is 2. The van der Waals surface area contributed by atoms with Crippen LogP contribution in [0, 0.1) is 0 Å². The molecule has 8 heteroatoms. The highest BCUT2D eigenvalue weighted by atomic mass is 16.5. The molecule has 2 N–H and O–H groups in total. The Kier molecular flexibility index (Phi) is 6.89. The molecule has 4 rings (SSSR count). The molecule has 1 aliphatic heterocycles. The maximum atomic E-state index is 5.78. The third kappa shape index (κ3) is 5.69. The number of hydrogen-bond acceptors (Lipinski definition) is 8. The summed E-state index contributed by atoms with van der Waals surface area (Å²) in [6, 6.07) is 17.6. The van der Waals surface area contributed by atoms with Gasteiger partial charge in [-0.3, -0.25) is 0 Å². The second-order valence-corrected chi connectivity index (χ2v) is 7.22. The van der Waals surface area contributed by atoms with E-state index in [9.17, 15) is 0 Å². The molecule has 0 unspecified atom stereocenters. The van der Waals surface area contributed by atoms with E-state index in [1.165, 1.54) is 0 Å². The van der Waals surface area contributed by atoms with E-state index < -0.39 is 0 Å². The fourth-order valence-electron chi connectivity index (χ4n) is 3.27. The van der Waals surface area contributed by atoms with E-state index in [2.05, 4.69) is 42.6 Å². The summed E-state index contributed by atoms with van der Waals surface area (Å²) in [6.07, 6.45) is 4.95. The highest BCUT2D eigenvalue weighted by Crippen LogP contribution is 2.21. The van der Waals surface area contributed by atoms with Crippen LogP contribution in [0.3, 0.4) is 0 Å². The normalized spacial score (nSPS) is 13.5. The molecule has 1 saturated heterocycles. The molecule has 160 valence electrons. The number of hydrogen-bond donors (Lipinski definition) is 2. The minimum absolute atomic E-state index is 0.388. The minimum atomic E-state index is 0.388. The van der Waals surface area contributed by atoms with Crippen molar-refractivity contribution in [2.45, 2.75) is 26.2 Å². The Bertz CT molecular complexity index is 1000. The highest BCUT2D eigenvalue weighted by molar-refractivity contribution is 5.83. The molecule has 2 heterocycles. The van der Waals surface area contributed by atoms with Gasteiger partial charge in [0.15, 0.2) is 0 Å². The molecule has 8 nitrogen and oxygen atoms in total. The molecule has 1 aromatic heterocycles. The van der Waals surface area contributed by atoms with Gasteiger partial charge in [0.2, 0.25) is 17.8 Å². The van der Waals surface area contributed by atoms with E-state index in [4.69, 9.17) is 4.74 Å². The minimum Gasteiger partial charge on any atom is -0.493 e. The van der Waals surface area contributed by atoms with Gasteiger partial charge in [0.1, 0.15) is 5.75 Å². The lowest BCUT2D eigenvalue weighted by Crippen LogP contribution is -2.21. The molecule has 0 spiro atoms. The van der Waals surface area contributed by atoms with Gasteiger partial charge in [-0.1, -0.05) is 37.3 Å². The summed E-state index contributed by atoms with van der Waals surface area (Å²) in [5.74, 6) is 2.32. The number of para-hydroxylation sites is 2. The second kappa shape index (κ2) is 10.4. The molecule has 1 aliphatic rings. The Morgan fingerprint density at radius 3 is 2.52 bits per heavy atom. The average molecular weight is 418 g/mol. The zero-order valence-corrected chi connectivity index (χ0v) is 17.7. The van der Waals surface area contributed by atoms with Crippen molar-refractivity contribution in [2.24, 2.45) is 5.10 Å². The summed E-state index contributed by atoms with van der Waals surface area (Å²) < 4.78 is 5.78. The molecule has 31 heavy (non-hydrogen) atoms. The van der Waals surface area contributed by atoms with Crippen molar-refractivity contribution in [2.75, 3.05) is 35.3 Å². The van der Waals surface area contributed by atoms with Crippen molar-refractivity contribution in [1.82, 2.24) is 15.0 Å². The molecule has 0 radical (unpaired) electrons. The van der Waals surface area contributed by atoms with Crippen LogP contribution in [0.15, 0.2) is 59.7 Å². The van der Waals surface area contributed by atoms with Crippen molar-refractivity contribution in [3.05, 3.63) is 60.2 Å². The van der Waals surface area contributed by atoms with Crippen LogP contribution in [-0.4, -0.2) is 40.9 Å². The van der Waals surface area contributed by atoms with E-state index in [1.807, 2.05) is 54.6 Å². The Morgan fingerprint density at radius 1 is 0.968 bits per heavy atom. The smallest absolute Gasteiger partial charge is 0.250 e. The molecule has 0 amide bonds. The Morgan fingerprint density at radius 2 is 1.71 bits per heavy atom. The van der Waals surface area contributed by atoms with Crippen LogP contribution in [0.5, 0.6) is 5.75 Å². The van der Waals surface area contributed by atoms with E-state index in [0.717, 1.165) is 49.4 Å². The summed E-state index contributed by atoms with van der Waals surface area (Å²) in [6.45, 7) is 4.64. The first kappa shape index (κ1) is 20.6. The predicted octanol–water partition coefficient (Wildman–Crippen LogP) is 4.45. The van der Waals surface area contributed by atoms with E-state index >= 15 is 0 Å². The summed E-state index contributed by atoms with van der Waals surface area (Å²) in [7, 11) is 0. The van der Waals surface area contributed by atoms with Crippen LogP contribution in [0.25, 0.3) is 0 Å². The summed E-state index contributed by atoms with van der Waals surface area (Å²) >= 11 is 0. The fraction of sp³-hybridized carbons (Fsp3) is 0.304. The van der Waals surface area contributed by atoms with E-state index in [-0.39, 0.29) is 0 Å². The molecule has 2 aromatic carbocycles. The lowest BCUT2D eigenvalue weighted by Gasteiger charge is -2.16. The monoisotopic (exact) mass is 417 g/mol. The summed E-state index contributed by atoms with van der Waals surface area (Å²) in [5.41, 5.74) is 4.75. The summed E-state index contributed by atoms with van der Waals surface area (Å²) in [4.78, 5) is 15.8. The number of rotatable bonds is 9. The molecular weight excluding hydrogens is 390 g/mol. The largest absolute Gasteiger partial charge is 0.493 e. The third-order valence-electron chi connectivity index (χ3n) is 4.79. The van der Waals surface area contributed by atoms with E-state index in [0.29, 0.717) is 24.5 Å². The van der Waals surface area contributed by atoms with Crippen LogP contribution < -0.4 is 20.4 Å². The molecule has 0 bridgehead atoms. The third-order valence-corrected chi connectivity index (χ3v) is 4.79. The van der Waals surface area contributed by atoms with Gasteiger partial charge in [0.25, 0.3) is 0 Å². The van der Waals surface area contributed by atoms with Gasteiger partial charge in [-0.25, -0.2) is 5.43 Å². The van der Waals surface area contributed by atoms with Crippen LogP contribution in [-0.2, 0) is 0 Å². The van der Waals surface area contributed by atoms with Gasteiger partial charge in [-0.2, -0.15) is 20.1 Å². The van der Waals surface area contributed by atoms with Crippen LogP contribution in [0.4, 0.5) is 23.5 Å². The number of aromatic nitrogens is 3. The standard InChI is InChI=1S/C23H27N7O/c1-2-16-31-20-13-7-6-10-18(20)17-24-29-22-26-21(25-19-11-4-3-5-12-19)27-23(28-22)30-14-8-9-15-30/h3-7,10-13,17H,2,8-9,14-16H2,1H3,(H2,25,26,27,28,29)/b24-17-. The molecule has 0 saturated carbocycles. The molecule has 0 atom stereocenters. The lowest BCUT2D eigenvalue weighted by atomic mass is 10.2. The first-order valence-electron chi connectivity index (χ1n) is 10.7. The molecule has 3 aromatic rings. The first-order valence-corrected chi connectivity index (χ1v) is 10.7. The van der Waals surface area contributed by atoms with Crippen molar-refractivity contribution in [1.29, 1.82) is 0 Å². The Balaban J connectivity index is 1.53. The zero-order valence-electron chi connectivity index (χ0n) is 17.7. The van der Waals surface area contributed by atoms with Gasteiger partial charge in [0, 0.05) is 24.3 Å². The lowest BCUT2D eigenvalue weighted by molar-refractivity contribution is 0.317. The van der Waals surface area contributed by atoms with Crippen LogP contribution in [0.2, 0.25) is 0 Å². The number of anilines is 4. The number of hydrazone groups is 1. The van der Waals surface area contributed by atoms with E-state index in [1.54, 1.807) is 6.21 Å². The average Bonchev–Trinajstić information content (AvgIpc) is 3.34. The molecule has 0 aliphatic carbocycles. The van der Waals surface area contributed by atoms with Crippen molar-refractivity contribution in [3.63, 3.8) is 0 Å². The Labute approximate surface area is 182 Å². The first-order chi connectivity index (χ1) is 15.3. The van der Waals surface area contributed by atoms with Gasteiger partial charge >= 0.3 is 0 Å². The summed E-state index contributed by atoms with van der Waals surface area (Å²) in [5, 5.41) is 7.59. The number of ether oxygens (including phenoxy) is 1. The number of benzene rings is 2. The van der Waals surface area contributed by atoms with Gasteiger partial charge < -0.3 is 15.0 Å². The van der Waals surface area contributed by atoms with Gasteiger partial charge in [-0.15, -0.1) is 0 Å². The fourth-order valence-corrected chi connectivity index (χ4v) is 3.27. The maximum Gasteiger partial charge on any atom is 0.250 e. The number of nitrogens with zero attached hydrogens (tertiary/aromatic N) is 5. The second-order valence-electron chi connectivity index (χ2n) is 7.22. The topological polar surface area (TPSA) is 87.6 Å². The zero-order chi connectivity index (χ0) is 21.3. The predicted molar refractivity (Wildman–Crippen MR) is 124 cm³/mol. The van der Waals surface area contributed by atoms with Crippen LogP contribution >= 0.6 is 0 Å². The molecule has 1 fully saturated rings. The van der Waals surface area contributed by atoms with Crippen molar-refractivity contribution >= 4 is 29.7 Å². The quantitative estimate of drug-likeness (QED) is 0.393. The van der Waals surface area contributed by atoms with Crippen molar-refractivity contribution < 1.29 is 4.74 Å². The Hall–Kier alpha value is -3.68. The maximum absolute atomic E-state index is 5.78. The van der Waals surface area contributed by atoms with Crippen molar-refractivity contribution in [3.8, 4) is 5.75 Å². The van der Waals surface area contributed by atoms with Gasteiger partial charge in [0.05, 0.1) is 12.8 Å². The SMILES string of the molecule is CCCOc1ccccc1/C=N\Nc1nc(Nc2ccccc2)nc(N2CCCC2)n1. The highest BCUT2D eigenvalue weighted by Gasteiger charge is 2.17. The van der Waals surface area contributed by atoms with Crippen LogP contribution in [0.1, 0.15) is 31.7 Å². The molecular formula is C23H27N7O. The van der Waals surface area contributed by atoms with Gasteiger partial charge in [-0.05, 0) is 43.5 Å².